The fourth-order valence-corrected chi connectivity index (χ4v) is 3.06. The van der Waals surface area contributed by atoms with E-state index in [0.29, 0.717) is 31.3 Å². The fourth-order valence-electron chi connectivity index (χ4n) is 3.06. The number of H-pyrrole nitrogens is 1. The molecule has 2 N–H and O–H groups in total. The van der Waals surface area contributed by atoms with Gasteiger partial charge in [-0.15, -0.1) is 0 Å². The summed E-state index contributed by atoms with van der Waals surface area (Å²) in [5.74, 6) is 1.86. The van der Waals surface area contributed by atoms with Crippen molar-refractivity contribution in [3.8, 4) is 17.3 Å². The van der Waals surface area contributed by atoms with E-state index in [1.165, 1.54) is 6.07 Å². The van der Waals surface area contributed by atoms with Crippen molar-refractivity contribution < 1.29 is 9.47 Å². The molecule has 4 rings (SSSR count). The number of aromatic amines is 1. The van der Waals surface area contributed by atoms with Crippen LogP contribution >= 0.6 is 0 Å². The molecule has 1 saturated heterocycles. The van der Waals surface area contributed by atoms with Crippen LogP contribution in [0.3, 0.4) is 0 Å². The third-order valence-corrected chi connectivity index (χ3v) is 4.64. The van der Waals surface area contributed by atoms with Crippen molar-refractivity contribution >= 4 is 5.82 Å². The summed E-state index contributed by atoms with van der Waals surface area (Å²) in [6, 6.07) is 9.12. The second kappa shape index (κ2) is 8.83. The van der Waals surface area contributed by atoms with Crippen LogP contribution in [0.5, 0.6) is 5.88 Å². The number of rotatable bonds is 7. The molecule has 3 aromatic rings. The Morgan fingerprint density at radius 1 is 1.28 bits per heavy atom. The highest BCUT2D eigenvalue weighted by atomic mass is 16.5. The topological polar surface area (TPSA) is 102 Å². The minimum Gasteiger partial charge on any atom is -0.472 e. The van der Waals surface area contributed by atoms with Gasteiger partial charge in [0.15, 0.2) is 0 Å². The number of ether oxygens (including phenoxy) is 2. The van der Waals surface area contributed by atoms with Crippen LogP contribution < -0.4 is 15.6 Å². The number of nitrogens with one attached hydrogen (secondary N) is 2. The van der Waals surface area contributed by atoms with E-state index in [2.05, 4.69) is 25.3 Å². The van der Waals surface area contributed by atoms with Gasteiger partial charge in [0, 0.05) is 48.7 Å². The van der Waals surface area contributed by atoms with Crippen molar-refractivity contribution in [2.24, 2.45) is 0 Å². The highest BCUT2D eigenvalue weighted by molar-refractivity contribution is 5.55. The first-order chi connectivity index (χ1) is 14.2. The normalized spacial score (nSPS) is 16.0. The maximum atomic E-state index is 11.8. The van der Waals surface area contributed by atoms with E-state index in [4.69, 9.17) is 9.47 Å². The van der Waals surface area contributed by atoms with Gasteiger partial charge in [-0.2, -0.15) is 0 Å². The molecule has 8 heteroatoms. The molecular weight excluding hydrogens is 370 g/mol. The summed E-state index contributed by atoms with van der Waals surface area (Å²) in [5, 5.41) is 3.28. The van der Waals surface area contributed by atoms with Gasteiger partial charge in [0.25, 0.3) is 5.56 Å². The van der Waals surface area contributed by atoms with Gasteiger partial charge in [-0.05, 0) is 30.2 Å². The molecular formula is C21H23N5O3. The fraction of sp³-hybridized carbons (Fsp3) is 0.333. The lowest BCUT2D eigenvalue weighted by atomic mass is 10.2. The Kier molecular flexibility index (Phi) is 5.81. The van der Waals surface area contributed by atoms with Crippen LogP contribution in [0.4, 0.5) is 5.82 Å². The molecule has 8 nitrogen and oxygen atoms in total. The van der Waals surface area contributed by atoms with Crippen LogP contribution in [-0.2, 0) is 17.7 Å². The lowest BCUT2D eigenvalue weighted by Gasteiger charge is -2.12. The number of aromatic nitrogens is 4. The van der Waals surface area contributed by atoms with Crippen molar-refractivity contribution in [1.29, 1.82) is 0 Å². The Labute approximate surface area is 168 Å². The second-order valence-corrected chi connectivity index (χ2v) is 6.83. The van der Waals surface area contributed by atoms with E-state index in [-0.39, 0.29) is 11.7 Å². The average molecular weight is 393 g/mol. The minimum atomic E-state index is -0.158. The largest absolute Gasteiger partial charge is 0.472 e. The smallest absolute Gasteiger partial charge is 0.251 e. The van der Waals surface area contributed by atoms with Crippen LogP contribution in [-0.4, -0.2) is 39.3 Å². The number of hydrogen-bond acceptors (Lipinski definition) is 7. The van der Waals surface area contributed by atoms with Gasteiger partial charge in [0.1, 0.15) is 17.7 Å². The molecule has 0 amide bonds. The zero-order chi connectivity index (χ0) is 20.1. The van der Waals surface area contributed by atoms with Crippen molar-refractivity contribution in [3.63, 3.8) is 0 Å². The van der Waals surface area contributed by atoms with Gasteiger partial charge in [-0.25, -0.2) is 15.0 Å². The Morgan fingerprint density at radius 2 is 2.21 bits per heavy atom. The molecule has 3 aromatic heterocycles. The van der Waals surface area contributed by atoms with Crippen molar-refractivity contribution in [3.05, 3.63) is 64.3 Å². The van der Waals surface area contributed by atoms with Crippen LogP contribution in [0.1, 0.15) is 24.6 Å². The van der Waals surface area contributed by atoms with E-state index in [0.717, 1.165) is 35.7 Å². The van der Waals surface area contributed by atoms with E-state index in [1.807, 2.05) is 31.2 Å². The van der Waals surface area contributed by atoms with Gasteiger partial charge >= 0.3 is 0 Å². The first kappa shape index (κ1) is 19.1. The SMILES string of the molecule is CCc1cc(=O)[nH]c(-c2ccc(NCc3ccnc(OC4CCOC4)c3)nc2)n1. The summed E-state index contributed by atoms with van der Waals surface area (Å²) < 4.78 is 11.2. The van der Waals surface area contributed by atoms with Crippen LogP contribution in [0.15, 0.2) is 47.5 Å². The number of hydrogen-bond donors (Lipinski definition) is 2. The molecule has 0 radical (unpaired) electrons. The Morgan fingerprint density at radius 3 is 2.97 bits per heavy atom. The Hall–Kier alpha value is -3.26. The summed E-state index contributed by atoms with van der Waals surface area (Å²) >= 11 is 0. The molecule has 4 heterocycles. The lowest BCUT2D eigenvalue weighted by molar-refractivity contribution is 0.138. The molecule has 0 saturated carbocycles. The standard InChI is InChI=1S/C21H23N5O3/c1-2-16-10-19(27)26-21(25-16)15-3-4-18(24-12-15)23-11-14-5-7-22-20(9-14)29-17-6-8-28-13-17/h3-5,7,9-10,12,17H,2,6,8,11,13H2,1H3,(H,23,24)(H,25,26,27). The zero-order valence-corrected chi connectivity index (χ0v) is 16.2. The quantitative estimate of drug-likeness (QED) is 0.636. The van der Waals surface area contributed by atoms with Crippen molar-refractivity contribution in [2.45, 2.75) is 32.4 Å². The van der Waals surface area contributed by atoms with E-state index in [1.54, 1.807) is 12.4 Å². The molecule has 150 valence electrons. The number of anilines is 1. The number of nitrogens with zero attached hydrogens (tertiary/aromatic N) is 3. The first-order valence-electron chi connectivity index (χ1n) is 9.69. The molecule has 1 aliphatic rings. The van der Waals surface area contributed by atoms with Gasteiger partial charge in [-0.3, -0.25) is 4.79 Å². The number of pyridine rings is 2. The molecule has 1 aliphatic heterocycles. The summed E-state index contributed by atoms with van der Waals surface area (Å²) in [5.41, 5.74) is 2.41. The molecule has 0 aliphatic carbocycles. The zero-order valence-electron chi connectivity index (χ0n) is 16.2. The van der Waals surface area contributed by atoms with E-state index in [9.17, 15) is 4.79 Å². The highest BCUT2D eigenvalue weighted by Crippen LogP contribution is 2.18. The summed E-state index contributed by atoms with van der Waals surface area (Å²) in [4.78, 5) is 27.7. The van der Waals surface area contributed by atoms with Crippen LogP contribution in [0.25, 0.3) is 11.4 Å². The van der Waals surface area contributed by atoms with Crippen LogP contribution in [0, 0.1) is 0 Å². The van der Waals surface area contributed by atoms with Gasteiger partial charge in [-0.1, -0.05) is 6.92 Å². The Bertz CT molecular complexity index is 1010. The van der Waals surface area contributed by atoms with Gasteiger partial charge in [0.2, 0.25) is 5.88 Å². The minimum absolute atomic E-state index is 0.0752. The molecule has 1 fully saturated rings. The maximum Gasteiger partial charge on any atom is 0.251 e. The lowest BCUT2D eigenvalue weighted by Crippen LogP contribution is -2.16. The molecule has 0 aromatic carbocycles. The Balaban J connectivity index is 1.39. The summed E-state index contributed by atoms with van der Waals surface area (Å²) in [6.07, 6.45) is 5.10. The molecule has 0 bridgehead atoms. The van der Waals surface area contributed by atoms with Gasteiger partial charge in [0.05, 0.1) is 13.2 Å². The van der Waals surface area contributed by atoms with E-state index < -0.39 is 0 Å². The molecule has 1 atom stereocenters. The molecule has 29 heavy (non-hydrogen) atoms. The third-order valence-electron chi connectivity index (χ3n) is 4.64. The average Bonchev–Trinajstić information content (AvgIpc) is 3.25. The predicted molar refractivity (Wildman–Crippen MR) is 109 cm³/mol. The monoisotopic (exact) mass is 393 g/mol. The van der Waals surface area contributed by atoms with Crippen LogP contribution in [0.2, 0.25) is 0 Å². The first-order valence-corrected chi connectivity index (χ1v) is 9.69. The maximum absolute atomic E-state index is 11.8. The van der Waals surface area contributed by atoms with E-state index >= 15 is 0 Å². The highest BCUT2D eigenvalue weighted by Gasteiger charge is 2.17. The van der Waals surface area contributed by atoms with Crippen molar-refractivity contribution in [1.82, 2.24) is 19.9 Å². The van der Waals surface area contributed by atoms with Gasteiger partial charge < -0.3 is 19.8 Å². The van der Waals surface area contributed by atoms with Crippen molar-refractivity contribution in [2.75, 3.05) is 18.5 Å². The third kappa shape index (κ3) is 4.97. The second-order valence-electron chi connectivity index (χ2n) is 6.83. The predicted octanol–water partition coefficient (Wildman–Crippen LogP) is 2.57. The number of aryl methyl sites for hydroxylation is 1. The molecule has 0 spiro atoms. The summed E-state index contributed by atoms with van der Waals surface area (Å²) in [6.45, 7) is 3.90. The molecule has 1 unspecified atom stereocenters. The summed E-state index contributed by atoms with van der Waals surface area (Å²) in [7, 11) is 0.